The van der Waals surface area contributed by atoms with Crippen molar-refractivity contribution in [1.82, 2.24) is 4.98 Å². The summed E-state index contributed by atoms with van der Waals surface area (Å²) in [6.07, 6.45) is 0. The van der Waals surface area contributed by atoms with Gasteiger partial charge in [0.2, 0.25) is 11.9 Å². The van der Waals surface area contributed by atoms with Crippen LogP contribution >= 0.6 is 0 Å². The Morgan fingerprint density at radius 2 is 2.29 bits per heavy atom. The van der Waals surface area contributed by atoms with E-state index in [1.54, 1.807) is 0 Å². The van der Waals surface area contributed by atoms with Gasteiger partial charge in [0, 0.05) is 4.91 Å². The van der Waals surface area contributed by atoms with Gasteiger partial charge in [0.1, 0.15) is 0 Å². The van der Waals surface area contributed by atoms with E-state index in [0.29, 0.717) is 0 Å². The van der Waals surface area contributed by atoms with Crippen molar-refractivity contribution in [2.45, 2.75) is 0 Å². The molecule has 0 aliphatic rings. The average Bonchev–Trinajstić information content (AvgIpc) is 2.15. The Bertz CT molecular complexity index is 440. The van der Waals surface area contributed by atoms with Gasteiger partial charge < -0.3 is 0 Å². The third kappa shape index (κ3) is 2.73. The number of nitrogens with zero attached hydrogens (tertiary/aromatic N) is 4. The number of halogens is 2. The zero-order chi connectivity index (χ0) is 10.4. The Morgan fingerprint density at radius 3 is 2.93 bits per heavy atom. The highest BCUT2D eigenvalue weighted by atomic mass is 19.1. The van der Waals surface area contributed by atoms with E-state index in [9.17, 15) is 8.78 Å². The van der Waals surface area contributed by atoms with Crippen LogP contribution in [0.1, 0.15) is 5.56 Å². The minimum absolute atomic E-state index is 0.0282. The van der Waals surface area contributed by atoms with Gasteiger partial charge in [-0.05, 0) is 17.7 Å². The first-order chi connectivity index (χ1) is 6.74. The van der Waals surface area contributed by atoms with Crippen LogP contribution < -0.4 is 0 Å². The number of hydrogen-bond donors (Lipinski definition) is 0. The number of hydrogen-bond acceptors (Lipinski definition) is 2. The normalized spacial score (nSPS) is 8.43. The first kappa shape index (κ1) is 9.96. The predicted octanol–water partition coefficient (Wildman–Crippen LogP) is 2.02. The van der Waals surface area contributed by atoms with Crippen molar-refractivity contribution in [3.05, 3.63) is 40.0 Å². The molecule has 0 radical (unpaired) electrons. The molecule has 6 heteroatoms. The van der Waals surface area contributed by atoms with E-state index in [0.717, 1.165) is 6.07 Å². The van der Waals surface area contributed by atoms with Gasteiger partial charge in [-0.15, -0.1) is 0 Å². The molecule has 14 heavy (non-hydrogen) atoms. The second kappa shape index (κ2) is 4.80. The monoisotopic (exact) mass is 194 g/mol. The quantitative estimate of drug-likeness (QED) is 0.222. The van der Waals surface area contributed by atoms with Gasteiger partial charge in [-0.25, -0.2) is 0 Å². The van der Waals surface area contributed by atoms with Crippen LogP contribution in [0.2, 0.25) is 0 Å². The summed E-state index contributed by atoms with van der Waals surface area (Å²) in [4.78, 5) is 5.39. The summed E-state index contributed by atoms with van der Waals surface area (Å²) in [5.74, 6) is 2.87. The SMILES string of the molecule is [N-]=[N+]=NCC#Cc1ccc(F)nc1F. The lowest BCUT2D eigenvalue weighted by Crippen LogP contribution is -1.91. The molecule has 4 nitrogen and oxygen atoms in total. The summed E-state index contributed by atoms with van der Waals surface area (Å²) in [5, 5.41) is 3.12. The molecule has 0 N–H and O–H groups in total. The fourth-order valence-electron chi connectivity index (χ4n) is 0.707. The van der Waals surface area contributed by atoms with Crippen LogP contribution in [0, 0.1) is 23.7 Å². The lowest BCUT2D eigenvalue weighted by molar-refractivity contribution is 0.510. The predicted molar refractivity (Wildman–Crippen MR) is 45.0 cm³/mol. The summed E-state index contributed by atoms with van der Waals surface area (Å²) in [7, 11) is 0. The van der Waals surface area contributed by atoms with Crippen molar-refractivity contribution in [3.63, 3.8) is 0 Å². The summed E-state index contributed by atoms with van der Waals surface area (Å²) >= 11 is 0. The molecule has 0 aliphatic heterocycles. The van der Waals surface area contributed by atoms with Gasteiger partial charge in [-0.1, -0.05) is 17.0 Å². The molecule has 1 heterocycles. The Kier molecular flexibility index (Phi) is 3.41. The number of pyridine rings is 1. The van der Waals surface area contributed by atoms with Crippen LogP contribution in [0.25, 0.3) is 10.4 Å². The third-order valence-electron chi connectivity index (χ3n) is 1.25. The molecule has 1 aromatic heterocycles. The first-order valence-corrected chi connectivity index (χ1v) is 3.56. The van der Waals surface area contributed by atoms with Crippen molar-refractivity contribution >= 4 is 0 Å². The second-order valence-electron chi connectivity index (χ2n) is 2.16. The van der Waals surface area contributed by atoms with Gasteiger partial charge >= 0.3 is 0 Å². The van der Waals surface area contributed by atoms with Crippen molar-refractivity contribution in [2.75, 3.05) is 6.54 Å². The zero-order valence-electron chi connectivity index (χ0n) is 6.91. The van der Waals surface area contributed by atoms with Crippen molar-refractivity contribution in [3.8, 4) is 11.8 Å². The zero-order valence-corrected chi connectivity index (χ0v) is 6.91. The highest BCUT2D eigenvalue weighted by Crippen LogP contribution is 2.03. The Hall–Kier alpha value is -2.12. The summed E-state index contributed by atoms with van der Waals surface area (Å²) in [6, 6.07) is 2.17. The molecule has 1 aromatic rings. The maximum Gasteiger partial charge on any atom is 0.231 e. The smallest absolute Gasteiger partial charge is 0.189 e. The van der Waals surface area contributed by atoms with E-state index in [-0.39, 0.29) is 12.1 Å². The van der Waals surface area contributed by atoms with E-state index in [4.69, 9.17) is 5.53 Å². The van der Waals surface area contributed by atoms with E-state index < -0.39 is 11.9 Å². The molecule has 0 atom stereocenters. The minimum Gasteiger partial charge on any atom is -0.189 e. The van der Waals surface area contributed by atoms with Crippen LogP contribution in [0.5, 0.6) is 0 Å². The van der Waals surface area contributed by atoms with Crippen LogP contribution in [-0.2, 0) is 0 Å². The highest BCUT2D eigenvalue weighted by molar-refractivity contribution is 5.32. The molecule has 0 bridgehead atoms. The van der Waals surface area contributed by atoms with E-state index in [1.807, 2.05) is 0 Å². The van der Waals surface area contributed by atoms with E-state index in [2.05, 4.69) is 26.9 Å². The lowest BCUT2D eigenvalue weighted by Gasteiger charge is -1.91. The second-order valence-corrected chi connectivity index (χ2v) is 2.16. The van der Waals surface area contributed by atoms with Gasteiger partial charge in [0.15, 0.2) is 0 Å². The van der Waals surface area contributed by atoms with Crippen molar-refractivity contribution < 1.29 is 8.78 Å². The van der Waals surface area contributed by atoms with Gasteiger partial charge in [-0.3, -0.25) is 0 Å². The molecule has 0 spiro atoms. The van der Waals surface area contributed by atoms with Crippen molar-refractivity contribution in [1.29, 1.82) is 0 Å². The summed E-state index contributed by atoms with van der Waals surface area (Å²) in [5.41, 5.74) is 7.88. The molecule has 0 amide bonds. The summed E-state index contributed by atoms with van der Waals surface area (Å²) in [6.45, 7) is -0.0622. The first-order valence-electron chi connectivity index (χ1n) is 3.56. The topological polar surface area (TPSA) is 61.7 Å². The molecular weight excluding hydrogens is 190 g/mol. The number of azide groups is 1. The fourth-order valence-corrected chi connectivity index (χ4v) is 0.707. The van der Waals surface area contributed by atoms with Gasteiger partial charge in [0.25, 0.3) is 0 Å². The summed E-state index contributed by atoms with van der Waals surface area (Å²) < 4.78 is 25.1. The Morgan fingerprint density at radius 1 is 1.50 bits per heavy atom. The maximum atomic E-state index is 12.8. The molecule has 0 aromatic carbocycles. The molecule has 0 fully saturated rings. The highest BCUT2D eigenvalue weighted by Gasteiger charge is 2.00. The van der Waals surface area contributed by atoms with E-state index in [1.165, 1.54) is 6.07 Å². The molecule has 0 aliphatic carbocycles. The van der Waals surface area contributed by atoms with Crippen LogP contribution in [-0.4, -0.2) is 11.5 Å². The van der Waals surface area contributed by atoms with Gasteiger partial charge in [0.05, 0.1) is 12.1 Å². The maximum absolute atomic E-state index is 12.8. The molecular formula is C8H4F2N4. The third-order valence-corrected chi connectivity index (χ3v) is 1.25. The standard InChI is InChI=1S/C8H4F2N4/c9-7-4-3-6(8(10)13-7)2-1-5-12-14-11/h3-4H,5H2. The van der Waals surface area contributed by atoms with Crippen LogP contribution in [0.3, 0.4) is 0 Å². The molecule has 0 saturated heterocycles. The Balaban J connectivity index is 2.84. The average molecular weight is 194 g/mol. The number of rotatable bonds is 1. The number of aromatic nitrogens is 1. The van der Waals surface area contributed by atoms with Crippen LogP contribution in [0.4, 0.5) is 8.78 Å². The lowest BCUT2D eigenvalue weighted by atomic mass is 10.3. The van der Waals surface area contributed by atoms with Crippen LogP contribution in [0.15, 0.2) is 17.2 Å². The molecule has 0 saturated carbocycles. The molecule has 70 valence electrons. The fraction of sp³-hybridized carbons (Fsp3) is 0.125. The minimum atomic E-state index is -0.974. The van der Waals surface area contributed by atoms with Gasteiger partial charge in [-0.2, -0.15) is 13.8 Å². The largest absolute Gasteiger partial charge is 0.231 e. The molecule has 1 rings (SSSR count). The van der Waals surface area contributed by atoms with Crippen molar-refractivity contribution in [2.24, 2.45) is 5.11 Å². The van der Waals surface area contributed by atoms with E-state index >= 15 is 0 Å². The Labute approximate surface area is 78.2 Å². The molecule has 0 unspecified atom stereocenters.